The van der Waals surface area contributed by atoms with Gasteiger partial charge in [0, 0.05) is 38.4 Å². The number of quaternary nitrogens is 3. The van der Waals surface area contributed by atoms with Crippen LogP contribution in [0.3, 0.4) is 0 Å². The first kappa shape index (κ1) is 96.0. The zero-order valence-electron chi connectivity index (χ0n) is 68.7. The highest BCUT2D eigenvalue weighted by Crippen LogP contribution is 2.51. The molecule has 0 saturated carbocycles. The molecule has 634 valence electrons. The summed E-state index contributed by atoms with van der Waals surface area (Å²) in [5.41, 5.74) is 11.2. The van der Waals surface area contributed by atoms with E-state index in [1.54, 1.807) is 34.6 Å². The molecule has 9 rings (SSSR count). The fourth-order valence-electron chi connectivity index (χ4n) is 11.7. The minimum atomic E-state index is -4.74. The molecule has 6 N–H and O–H groups in total. The van der Waals surface area contributed by atoms with Gasteiger partial charge in [0.05, 0.1) is 94.9 Å². The Morgan fingerprint density at radius 3 is 0.966 bits per heavy atom. The van der Waals surface area contributed by atoms with E-state index >= 15 is 0 Å². The zero-order chi connectivity index (χ0) is 86.0. The van der Waals surface area contributed by atoms with E-state index in [9.17, 15) is 57.6 Å². The number of nitrogens with zero attached hydrogens (tertiary/aromatic N) is 4. The average molecular weight is 1680 g/mol. The Hall–Kier alpha value is -8.80. The number of rotatable bonds is 37. The van der Waals surface area contributed by atoms with E-state index in [0.29, 0.717) is 45.9 Å². The minimum absolute atomic E-state index is 0.0126. The largest absolute Gasteiger partial charge is 0.756 e. The van der Waals surface area contributed by atoms with Crippen molar-refractivity contribution in [3.05, 3.63) is 179 Å². The van der Waals surface area contributed by atoms with Gasteiger partial charge in [0.1, 0.15) is 64.9 Å². The number of phosphoric acid groups is 3. The Balaban J connectivity index is 0.000000258. The van der Waals surface area contributed by atoms with Gasteiger partial charge in [0.2, 0.25) is 0 Å². The number of likely N-dealkylation sites (N-methyl/N-ethyl adjacent to an activating group) is 3. The van der Waals surface area contributed by atoms with Gasteiger partial charge in [0.25, 0.3) is 7.82 Å². The molecular weight excluding hydrogens is 1560 g/mol. The lowest BCUT2D eigenvalue weighted by atomic mass is 9.98. The van der Waals surface area contributed by atoms with Crippen molar-refractivity contribution >= 4 is 59.7 Å². The van der Waals surface area contributed by atoms with Crippen LogP contribution < -0.4 is 20.8 Å². The van der Waals surface area contributed by atoms with Gasteiger partial charge in [-0.3, -0.25) is 31.7 Å². The second-order valence-corrected chi connectivity index (χ2v) is 36.8. The first-order chi connectivity index (χ1) is 54.3. The van der Waals surface area contributed by atoms with E-state index in [2.05, 4.69) is 20.5 Å². The third-order valence-electron chi connectivity index (χ3n) is 17.7. The van der Waals surface area contributed by atoms with Crippen molar-refractivity contribution < 1.29 is 131 Å². The highest BCUT2D eigenvalue weighted by molar-refractivity contribution is 7.48. The number of hydrogen-bond acceptors (Lipinski definition) is 24. The molecule has 0 radical (unpaired) electrons. The van der Waals surface area contributed by atoms with Crippen molar-refractivity contribution in [2.75, 3.05) is 157 Å². The number of carboxylic acids is 2. The van der Waals surface area contributed by atoms with E-state index < -0.39 is 109 Å². The van der Waals surface area contributed by atoms with Crippen molar-refractivity contribution in [3.63, 3.8) is 0 Å². The van der Waals surface area contributed by atoms with Gasteiger partial charge < -0.3 is 77.6 Å². The molecule has 3 aliphatic rings. The number of phosphoric ester groups is 3. The van der Waals surface area contributed by atoms with Gasteiger partial charge in [-0.1, -0.05) is 146 Å². The number of carbonyl (C=O) groups excluding carboxylic acids is 4. The molecule has 0 saturated heterocycles. The highest BCUT2D eigenvalue weighted by atomic mass is 31.2. The molecular formula is C81H112N7O25P3+2. The van der Waals surface area contributed by atoms with E-state index in [-0.39, 0.29) is 57.4 Å². The number of aliphatic carboxylic acids is 2. The Kier molecular flexibility index (Phi) is 35.7. The number of ether oxygens (including phenoxy) is 4. The van der Waals surface area contributed by atoms with Gasteiger partial charge in [-0.15, -0.1) is 0 Å². The van der Waals surface area contributed by atoms with Gasteiger partial charge in [-0.25, -0.2) is 37.9 Å². The topological polar surface area (TPSA) is 408 Å². The molecule has 0 bridgehead atoms. The number of fused-ring (bicyclic) bond motifs is 9. The normalized spacial score (nSPS) is 15.2. The SMILES string of the molecule is CC(C)(O)CCC#N.COP(=O)(OCC[N+](C)(C)C)OC[C@H](NC(=O)OCC1c2ccccc2-c2ccccc21)C(=O)O.COP(=O)(OCC[N+](C)(C)C)OC[C@H](NC(=O)OCC1c2ccccc2-c2ccccc21)C(=O)OC(C)(C)C.C[N+](C)(C)CCOP(=O)([O-])OC[C@H](NC(=O)OCC1c2ccccc2-c2ccccc21)C(=O)O. The second kappa shape index (κ2) is 43.1. The second-order valence-electron chi connectivity index (χ2n) is 31.9. The Labute approximate surface area is 678 Å². The number of carbonyl (C=O) groups is 6. The summed E-state index contributed by atoms with van der Waals surface area (Å²) >= 11 is 0. The fraction of sp³-hybridized carbons (Fsp3) is 0.469. The standard InChI is InChI=1S/C28H39N2O8P.C24H31N2O8P.C23H29N2O8P.C6H11NO/c1-28(2,3)38-26(31)25(19-37-39(33,34-7)36-17-16-30(4,5)6)29-27(32)35-18-24-22-14-10-8-12-20(22)21-13-9-11-15-23(21)24;1-26(2,3)13-14-33-35(30,31-4)34-16-22(23(27)28)25-24(29)32-15-21-19-11-7-5-9-17(19)18-10-6-8-12-20(18)21;1-25(2,3)12-13-32-34(29,30)33-15-21(22(26)27)24-23(28)31-14-20-18-10-6-4-8-16(18)17-9-5-7-11-19(17)20;1-6(2,8)4-3-5-7/h8-15,24-25H,16-19H2,1-7H3;5-12,21-22H,13-16H2,1-4H3,(H-,25,27,28,29);4-11,20-21H,12-15H2,1-3H3,(H2-,24,26,27,28,29,30);8H,3-4H2,1-2H3/p+2/t25-,39?;22-,35?;21-;/m000./s1. The fourth-order valence-corrected chi connectivity index (χ4v) is 14.3. The summed E-state index contributed by atoms with van der Waals surface area (Å²) in [7, 11) is 6.85. The third-order valence-corrected chi connectivity index (χ3v) is 21.5. The molecule has 0 fully saturated rings. The summed E-state index contributed by atoms with van der Waals surface area (Å²) in [5, 5.41) is 42.8. The van der Waals surface area contributed by atoms with Crippen LogP contribution in [0.15, 0.2) is 146 Å². The third kappa shape index (κ3) is 31.6. The number of amides is 3. The van der Waals surface area contributed by atoms with Crippen molar-refractivity contribution in [3.8, 4) is 39.4 Å². The lowest BCUT2D eigenvalue weighted by molar-refractivity contribution is -0.870. The summed E-state index contributed by atoms with van der Waals surface area (Å²) in [5.74, 6) is -4.15. The number of benzene rings is 6. The molecule has 3 amide bonds. The predicted octanol–water partition coefficient (Wildman–Crippen LogP) is 11.4. The van der Waals surface area contributed by atoms with Crippen molar-refractivity contribution in [1.29, 1.82) is 5.26 Å². The highest BCUT2D eigenvalue weighted by Gasteiger charge is 2.38. The maximum Gasteiger partial charge on any atom is 0.474 e. The van der Waals surface area contributed by atoms with Crippen LogP contribution >= 0.6 is 23.5 Å². The van der Waals surface area contributed by atoms with Crippen LogP contribution in [0.5, 0.6) is 0 Å². The smallest absolute Gasteiger partial charge is 0.474 e. The molecule has 0 aromatic heterocycles. The number of hydrogen-bond donors (Lipinski definition) is 6. The number of nitriles is 1. The summed E-state index contributed by atoms with van der Waals surface area (Å²) in [6.07, 6.45) is -1.77. The Bertz CT molecular complexity index is 4350. The first-order valence-electron chi connectivity index (χ1n) is 37.3. The van der Waals surface area contributed by atoms with Crippen molar-refractivity contribution in [2.45, 2.75) is 94.5 Å². The van der Waals surface area contributed by atoms with Crippen LogP contribution in [0.2, 0.25) is 0 Å². The average Bonchev–Trinajstić information content (AvgIpc) is 1.63. The molecule has 6 atom stereocenters. The van der Waals surface area contributed by atoms with Crippen molar-refractivity contribution in [2.24, 2.45) is 0 Å². The van der Waals surface area contributed by atoms with E-state index in [0.717, 1.165) is 73.9 Å². The molecule has 0 aliphatic heterocycles. The molecule has 3 unspecified atom stereocenters. The molecule has 6 aromatic rings. The molecule has 0 heterocycles. The quantitative estimate of drug-likeness (QED) is 0.00913. The Morgan fingerprint density at radius 2 is 0.716 bits per heavy atom. The van der Waals surface area contributed by atoms with Crippen LogP contribution in [0.4, 0.5) is 14.4 Å². The Morgan fingerprint density at radius 1 is 0.448 bits per heavy atom. The molecule has 0 spiro atoms. The number of alkyl carbamates (subject to hydrolysis) is 3. The zero-order valence-corrected chi connectivity index (χ0v) is 71.4. The predicted molar refractivity (Wildman–Crippen MR) is 429 cm³/mol. The van der Waals surface area contributed by atoms with Crippen LogP contribution in [0.25, 0.3) is 33.4 Å². The number of nitrogens with one attached hydrogen (secondary N) is 3. The van der Waals surface area contributed by atoms with E-state index in [4.69, 9.17) is 61.0 Å². The maximum atomic E-state index is 12.9. The monoisotopic (exact) mass is 1680 g/mol. The minimum Gasteiger partial charge on any atom is -0.756 e. The number of aliphatic hydroxyl groups is 1. The first-order valence-corrected chi connectivity index (χ1v) is 41.7. The van der Waals surface area contributed by atoms with Crippen LogP contribution in [-0.4, -0.2) is 251 Å². The van der Waals surface area contributed by atoms with Crippen LogP contribution in [-0.2, 0) is 83.2 Å². The lowest BCUT2D eigenvalue weighted by Gasteiger charge is -2.28. The maximum absolute atomic E-state index is 12.9. The van der Waals surface area contributed by atoms with Crippen LogP contribution in [0.1, 0.15) is 98.6 Å². The molecule has 6 aromatic carbocycles. The molecule has 35 heteroatoms. The number of esters is 1. The van der Waals surface area contributed by atoms with Gasteiger partial charge in [-0.2, -0.15) is 5.26 Å². The van der Waals surface area contributed by atoms with Gasteiger partial charge in [-0.05, 0) is 108 Å². The molecule has 32 nitrogen and oxygen atoms in total. The summed E-state index contributed by atoms with van der Waals surface area (Å²) < 4.78 is 101. The number of carboxylic acid groups (broad SMARTS) is 2. The van der Waals surface area contributed by atoms with Crippen LogP contribution in [0, 0.1) is 11.3 Å². The summed E-state index contributed by atoms with van der Waals surface area (Å²) in [4.78, 5) is 85.5. The van der Waals surface area contributed by atoms with Gasteiger partial charge >= 0.3 is 51.8 Å². The van der Waals surface area contributed by atoms with E-state index in [1.165, 1.54) is 7.11 Å². The van der Waals surface area contributed by atoms with E-state index in [1.807, 2.05) is 215 Å². The molecule has 116 heavy (non-hydrogen) atoms. The summed E-state index contributed by atoms with van der Waals surface area (Å²) in [6.45, 7) is 8.13. The lowest BCUT2D eigenvalue weighted by Crippen LogP contribution is -2.47. The van der Waals surface area contributed by atoms with Crippen molar-refractivity contribution in [1.82, 2.24) is 16.0 Å². The van der Waals surface area contributed by atoms with Gasteiger partial charge in [0.15, 0.2) is 18.1 Å². The summed E-state index contributed by atoms with van der Waals surface area (Å²) in [6, 6.07) is 44.8. The molecule has 3 aliphatic carbocycles.